The van der Waals surface area contributed by atoms with Crippen molar-refractivity contribution in [1.29, 1.82) is 0 Å². The number of hydrogen-bond acceptors (Lipinski definition) is 9. The maximum absolute atomic E-state index is 11.8. The average molecular weight is 713 g/mol. The highest BCUT2D eigenvalue weighted by molar-refractivity contribution is 5.66. The molecule has 0 radical (unpaired) electrons. The molecule has 53 heavy (non-hydrogen) atoms. The molecule has 274 valence electrons. The van der Waals surface area contributed by atoms with E-state index in [4.69, 9.17) is 29.3 Å². The van der Waals surface area contributed by atoms with E-state index in [-0.39, 0.29) is 6.01 Å². The van der Waals surface area contributed by atoms with Crippen molar-refractivity contribution in [3.63, 3.8) is 0 Å². The summed E-state index contributed by atoms with van der Waals surface area (Å²) in [5.41, 5.74) is 7.49. The van der Waals surface area contributed by atoms with Gasteiger partial charge in [0, 0.05) is 19.6 Å². The second-order valence-corrected chi connectivity index (χ2v) is 13.6. The molecule has 6 aromatic rings. The number of aliphatic hydroxyl groups excluding tert-OH is 1. The number of imidazole rings is 1. The van der Waals surface area contributed by atoms with Crippen LogP contribution in [-0.4, -0.2) is 63.5 Å². The minimum Gasteiger partial charge on any atom is -0.497 e. The number of hydrogen-bond donors (Lipinski definition) is 1. The van der Waals surface area contributed by atoms with Crippen LogP contribution in [0.2, 0.25) is 0 Å². The standard InChI is InChI=1S/C43H48N6O4/c1-4-5-26-53-43-45-42(48(29-32-10-20-37(51-2)21-11-32)30-33-12-22-38(52-3)23-13-33)41-44-27-39(49(41)46-43)40(50)36-18-16-35(17-19-36)34-14-8-31(9-15-34)28-47-24-6-7-25-47/h8-23,27,40,50H,4-7,24-26,28-30H2,1-3H3. The highest BCUT2D eigenvalue weighted by Crippen LogP contribution is 2.31. The summed E-state index contributed by atoms with van der Waals surface area (Å²) in [6.07, 6.45) is 5.13. The number of rotatable bonds is 16. The van der Waals surface area contributed by atoms with E-state index in [1.165, 1.54) is 31.5 Å². The summed E-state index contributed by atoms with van der Waals surface area (Å²) in [5, 5.41) is 16.6. The maximum atomic E-state index is 11.8. The molecule has 10 nitrogen and oxygen atoms in total. The van der Waals surface area contributed by atoms with Crippen molar-refractivity contribution < 1.29 is 19.3 Å². The number of aliphatic hydroxyl groups is 1. The fourth-order valence-electron chi connectivity index (χ4n) is 6.77. The number of aromatic nitrogens is 4. The van der Waals surface area contributed by atoms with E-state index < -0.39 is 6.10 Å². The molecule has 0 aliphatic carbocycles. The normalized spacial score (nSPS) is 13.7. The van der Waals surface area contributed by atoms with Crippen LogP contribution in [0.1, 0.15) is 66.7 Å². The first-order valence-electron chi connectivity index (χ1n) is 18.5. The van der Waals surface area contributed by atoms with Gasteiger partial charge in [-0.25, -0.2) is 9.50 Å². The summed E-state index contributed by atoms with van der Waals surface area (Å²) in [4.78, 5) is 14.4. The molecule has 0 spiro atoms. The molecular formula is C43H48N6O4. The van der Waals surface area contributed by atoms with Crippen molar-refractivity contribution in [2.45, 2.75) is 58.3 Å². The number of methoxy groups -OCH3 is 2. The third kappa shape index (κ3) is 8.62. The smallest absolute Gasteiger partial charge is 0.336 e. The average Bonchev–Trinajstić information content (AvgIpc) is 3.88. The van der Waals surface area contributed by atoms with Crippen LogP contribution in [0.5, 0.6) is 17.5 Å². The Balaban J connectivity index is 1.20. The molecule has 0 amide bonds. The van der Waals surface area contributed by atoms with Gasteiger partial charge in [-0.05, 0) is 90.0 Å². The van der Waals surface area contributed by atoms with Gasteiger partial charge in [-0.3, -0.25) is 4.90 Å². The molecular weight excluding hydrogens is 665 g/mol. The predicted octanol–water partition coefficient (Wildman–Crippen LogP) is 7.87. The molecule has 0 bridgehead atoms. The molecule has 1 aliphatic heterocycles. The number of anilines is 1. The van der Waals surface area contributed by atoms with Crippen molar-refractivity contribution in [3.8, 4) is 28.6 Å². The molecule has 1 fully saturated rings. The molecule has 1 N–H and O–H groups in total. The minimum atomic E-state index is -0.982. The second-order valence-electron chi connectivity index (χ2n) is 13.6. The van der Waals surface area contributed by atoms with Gasteiger partial charge in [0.15, 0.2) is 11.5 Å². The monoisotopic (exact) mass is 712 g/mol. The first-order valence-corrected chi connectivity index (χ1v) is 18.5. The predicted molar refractivity (Wildman–Crippen MR) is 208 cm³/mol. The van der Waals surface area contributed by atoms with Crippen LogP contribution >= 0.6 is 0 Å². The molecule has 1 aliphatic rings. The van der Waals surface area contributed by atoms with Crippen LogP contribution in [0.3, 0.4) is 0 Å². The highest BCUT2D eigenvalue weighted by atomic mass is 16.5. The summed E-state index contributed by atoms with van der Waals surface area (Å²) in [7, 11) is 3.32. The van der Waals surface area contributed by atoms with Crippen LogP contribution in [0.4, 0.5) is 5.82 Å². The Hall–Kier alpha value is -5.45. The fraction of sp³-hybridized carbons (Fsp3) is 0.326. The van der Waals surface area contributed by atoms with Gasteiger partial charge in [0.2, 0.25) is 0 Å². The van der Waals surface area contributed by atoms with E-state index in [1.54, 1.807) is 24.9 Å². The minimum absolute atomic E-state index is 0.227. The fourth-order valence-corrected chi connectivity index (χ4v) is 6.77. The summed E-state index contributed by atoms with van der Waals surface area (Å²) >= 11 is 0. The molecule has 1 atom stereocenters. The van der Waals surface area contributed by atoms with Gasteiger partial charge >= 0.3 is 6.01 Å². The van der Waals surface area contributed by atoms with Crippen molar-refractivity contribution in [3.05, 3.63) is 131 Å². The Morgan fingerprint density at radius 3 is 1.89 bits per heavy atom. The lowest BCUT2D eigenvalue weighted by molar-refractivity contribution is 0.211. The first kappa shape index (κ1) is 35.9. The van der Waals surface area contributed by atoms with Crippen LogP contribution in [0, 0.1) is 0 Å². The van der Waals surface area contributed by atoms with Gasteiger partial charge in [-0.2, -0.15) is 4.98 Å². The lowest BCUT2D eigenvalue weighted by Gasteiger charge is -2.25. The number of unbranched alkanes of at least 4 members (excludes halogenated alkanes) is 1. The Labute approximate surface area is 311 Å². The molecule has 10 heteroatoms. The third-order valence-electron chi connectivity index (χ3n) is 9.84. The zero-order valence-corrected chi connectivity index (χ0v) is 30.8. The van der Waals surface area contributed by atoms with Crippen molar-refractivity contribution in [1.82, 2.24) is 24.5 Å². The SMILES string of the molecule is CCCCOc1nc(N(Cc2ccc(OC)cc2)Cc2ccc(OC)cc2)c2ncc(C(O)c3ccc(-c4ccc(CN5CCCC5)cc4)cc3)n2n1. The van der Waals surface area contributed by atoms with Gasteiger partial charge in [-0.1, -0.05) is 86.1 Å². The summed E-state index contributed by atoms with van der Waals surface area (Å²) in [6.45, 7) is 7.03. The topological polar surface area (TPSA) is 97.5 Å². The van der Waals surface area contributed by atoms with E-state index in [1.807, 2.05) is 60.7 Å². The first-order chi connectivity index (χ1) is 26.0. The largest absolute Gasteiger partial charge is 0.497 e. The van der Waals surface area contributed by atoms with Crippen molar-refractivity contribution >= 4 is 11.5 Å². The number of likely N-dealkylation sites (tertiary alicyclic amines) is 1. The van der Waals surface area contributed by atoms with Crippen molar-refractivity contribution in [2.24, 2.45) is 0 Å². The lowest BCUT2D eigenvalue weighted by Crippen LogP contribution is -2.25. The van der Waals surface area contributed by atoms with Gasteiger partial charge in [0.05, 0.1) is 32.7 Å². The zero-order chi connectivity index (χ0) is 36.6. The quantitative estimate of drug-likeness (QED) is 0.101. The Bertz CT molecular complexity index is 2010. The van der Waals surface area contributed by atoms with Gasteiger partial charge in [-0.15, -0.1) is 5.10 Å². The van der Waals surface area contributed by atoms with Crippen molar-refractivity contribution in [2.75, 3.05) is 38.8 Å². The van der Waals surface area contributed by atoms with Crippen LogP contribution < -0.4 is 19.1 Å². The molecule has 1 saturated heterocycles. The van der Waals surface area contributed by atoms with E-state index in [0.29, 0.717) is 36.9 Å². The molecule has 3 heterocycles. The summed E-state index contributed by atoms with van der Waals surface area (Å²) < 4.78 is 18.6. The number of nitrogens with zero attached hydrogens (tertiary/aromatic N) is 6. The molecule has 4 aromatic carbocycles. The molecule has 7 rings (SSSR count). The van der Waals surface area contributed by atoms with Gasteiger partial charge in [0.25, 0.3) is 0 Å². The third-order valence-corrected chi connectivity index (χ3v) is 9.84. The molecule has 0 saturated carbocycles. The maximum Gasteiger partial charge on any atom is 0.336 e. The lowest BCUT2D eigenvalue weighted by atomic mass is 10.00. The Morgan fingerprint density at radius 1 is 0.755 bits per heavy atom. The Kier molecular flexibility index (Phi) is 11.5. The second kappa shape index (κ2) is 16.9. The van der Waals surface area contributed by atoms with Crippen LogP contribution in [0.15, 0.2) is 103 Å². The number of fused-ring (bicyclic) bond motifs is 1. The Morgan fingerprint density at radius 2 is 1.32 bits per heavy atom. The molecule has 1 unspecified atom stereocenters. The van der Waals surface area contributed by atoms with Gasteiger partial charge in [0.1, 0.15) is 17.6 Å². The number of ether oxygens (including phenoxy) is 3. The van der Waals surface area contributed by atoms with E-state index in [9.17, 15) is 5.11 Å². The summed E-state index contributed by atoms with van der Waals surface area (Å²) in [6, 6.07) is 33.1. The zero-order valence-electron chi connectivity index (χ0n) is 30.8. The highest BCUT2D eigenvalue weighted by Gasteiger charge is 2.24. The van der Waals surface area contributed by atoms with E-state index >= 15 is 0 Å². The van der Waals surface area contributed by atoms with E-state index in [0.717, 1.165) is 58.7 Å². The number of benzene rings is 4. The van der Waals surface area contributed by atoms with Crippen LogP contribution in [0.25, 0.3) is 16.8 Å². The molecule has 2 aromatic heterocycles. The summed E-state index contributed by atoms with van der Waals surface area (Å²) in [5.74, 6) is 2.18. The van der Waals surface area contributed by atoms with E-state index in [2.05, 4.69) is 53.1 Å². The van der Waals surface area contributed by atoms with Gasteiger partial charge < -0.3 is 24.2 Å². The van der Waals surface area contributed by atoms with Crippen LogP contribution in [-0.2, 0) is 19.6 Å².